The third-order valence-electron chi connectivity index (χ3n) is 3.88. The Hall–Kier alpha value is -0.810. The second-order valence-electron chi connectivity index (χ2n) is 5.33. The Morgan fingerprint density at radius 3 is 2.55 bits per heavy atom. The van der Waals surface area contributed by atoms with Crippen LogP contribution in [0.15, 0.2) is 18.2 Å². The molecule has 2 saturated heterocycles. The summed E-state index contributed by atoms with van der Waals surface area (Å²) in [4.78, 5) is 12.1. The number of fused-ring (bicyclic) bond motifs is 2. The zero-order chi connectivity index (χ0) is 14.3. The average Bonchev–Trinajstić information content (AvgIpc) is 2.98. The van der Waals surface area contributed by atoms with E-state index < -0.39 is 12.0 Å². The summed E-state index contributed by atoms with van der Waals surface area (Å²) < 4.78 is 5.67. The molecule has 2 aliphatic rings. The third-order valence-corrected chi connectivity index (χ3v) is 4.32. The summed E-state index contributed by atoms with van der Waals surface area (Å²) in [5, 5.41) is 13.7. The summed E-state index contributed by atoms with van der Waals surface area (Å²) in [5.74, 6) is -0.440. The highest BCUT2D eigenvalue weighted by molar-refractivity contribution is 6.34. The van der Waals surface area contributed by atoms with Crippen molar-refractivity contribution in [2.24, 2.45) is 0 Å². The maximum atomic E-state index is 12.1. The lowest BCUT2D eigenvalue weighted by Crippen LogP contribution is -2.43. The van der Waals surface area contributed by atoms with Crippen molar-refractivity contribution >= 4 is 29.1 Å². The SMILES string of the molecule is O=C(N[C@@H]1C[C@H]2CC[C@H]1O2)[C@H](O)c1cc(Cl)cc(Cl)c1. The molecule has 0 radical (unpaired) electrons. The molecule has 4 nitrogen and oxygen atoms in total. The molecule has 2 N–H and O–H groups in total. The van der Waals surface area contributed by atoms with Gasteiger partial charge in [0.05, 0.1) is 18.2 Å². The predicted molar refractivity (Wildman–Crippen MR) is 75.9 cm³/mol. The van der Waals surface area contributed by atoms with E-state index in [9.17, 15) is 9.90 Å². The number of benzene rings is 1. The Morgan fingerprint density at radius 1 is 1.30 bits per heavy atom. The first-order chi connectivity index (χ1) is 9.52. The number of amides is 1. The fraction of sp³-hybridized carbons (Fsp3) is 0.500. The monoisotopic (exact) mass is 315 g/mol. The van der Waals surface area contributed by atoms with E-state index in [0.717, 1.165) is 19.3 Å². The van der Waals surface area contributed by atoms with Gasteiger partial charge in [0.2, 0.25) is 0 Å². The second kappa shape index (κ2) is 5.53. The Kier molecular flexibility index (Phi) is 3.91. The highest BCUT2D eigenvalue weighted by Crippen LogP contribution is 2.34. The highest BCUT2D eigenvalue weighted by Gasteiger charge is 2.41. The van der Waals surface area contributed by atoms with Gasteiger partial charge in [0.1, 0.15) is 0 Å². The van der Waals surface area contributed by atoms with Gasteiger partial charge in [-0.3, -0.25) is 4.79 Å². The van der Waals surface area contributed by atoms with Gasteiger partial charge in [-0.15, -0.1) is 0 Å². The minimum atomic E-state index is -1.27. The summed E-state index contributed by atoms with van der Waals surface area (Å²) in [7, 11) is 0. The minimum absolute atomic E-state index is 0.00874. The molecular weight excluding hydrogens is 301 g/mol. The number of halogens is 2. The number of aliphatic hydroxyl groups excluding tert-OH is 1. The van der Waals surface area contributed by atoms with Crippen LogP contribution in [0.3, 0.4) is 0 Å². The van der Waals surface area contributed by atoms with Crippen molar-refractivity contribution < 1.29 is 14.6 Å². The van der Waals surface area contributed by atoms with E-state index in [1.165, 1.54) is 12.1 Å². The molecule has 0 saturated carbocycles. The Balaban J connectivity index is 1.67. The maximum Gasteiger partial charge on any atom is 0.253 e. The van der Waals surface area contributed by atoms with E-state index in [4.69, 9.17) is 27.9 Å². The first kappa shape index (κ1) is 14.1. The molecule has 2 fully saturated rings. The van der Waals surface area contributed by atoms with E-state index in [-0.39, 0.29) is 18.2 Å². The van der Waals surface area contributed by atoms with Gasteiger partial charge in [0, 0.05) is 10.0 Å². The van der Waals surface area contributed by atoms with Gasteiger partial charge >= 0.3 is 0 Å². The van der Waals surface area contributed by atoms with Crippen molar-refractivity contribution in [3.8, 4) is 0 Å². The van der Waals surface area contributed by atoms with Crippen LogP contribution in [0, 0.1) is 0 Å². The zero-order valence-electron chi connectivity index (χ0n) is 10.7. The first-order valence-electron chi connectivity index (χ1n) is 6.63. The smallest absolute Gasteiger partial charge is 0.253 e. The molecule has 2 heterocycles. The molecule has 0 aliphatic carbocycles. The molecular formula is C14H15Cl2NO3. The van der Waals surface area contributed by atoms with Crippen molar-refractivity contribution in [3.05, 3.63) is 33.8 Å². The standard InChI is InChI=1S/C14H15Cl2NO3/c15-8-3-7(4-9(16)5-8)13(18)14(19)17-11-6-10-1-2-12(11)20-10/h3-5,10-13,18H,1-2,6H2,(H,17,19)/t10-,11-,12-,13-/m1/s1. The van der Waals surface area contributed by atoms with Crippen molar-refractivity contribution in [3.63, 3.8) is 0 Å². The number of carbonyl (C=O) groups excluding carboxylic acids is 1. The molecule has 1 aromatic carbocycles. The molecule has 2 bridgehead atoms. The van der Waals surface area contributed by atoms with Crippen LogP contribution in [0.4, 0.5) is 0 Å². The number of hydrogen-bond donors (Lipinski definition) is 2. The van der Waals surface area contributed by atoms with Crippen LogP contribution in [-0.2, 0) is 9.53 Å². The summed E-state index contributed by atoms with van der Waals surface area (Å²) >= 11 is 11.7. The van der Waals surface area contributed by atoms with Gasteiger partial charge in [-0.05, 0) is 43.0 Å². The average molecular weight is 316 g/mol. The Morgan fingerprint density at radius 2 is 2.00 bits per heavy atom. The topological polar surface area (TPSA) is 58.6 Å². The van der Waals surface area contributed by atoms with Gasteiger partial charge in [-0.1, -0.05) is 23.2 Å². The van der Waals surface area contributed by atoms with E-state index in [2.05, 4.69) is 5.32 Å². The molecule has 6 heteroatoms. The molecule has 108 valence electrons. The fourth-order valence-electron chi connectivity index (χ4n) is 2.94. The normalized spacial score (nSPS) is 29.4. The number of rotatable bonds is 3. The van der Waals surface area contributed by atoms with Gasteiger partial charge in [0.25, 0.3) is 5.91 Å². The molecule has 0 aromatic heterocycles. The first-order valence-corrected chi connectivity index (χ1v) is 7.38. The van der Waals surface area contributed by atoms with Gasteiger partial charge in [0.15, 0.2) is 6.10 Å². The van der Waals surface area contributed by atoms with Crippen molar-refractivity contribution in [2.45, 2.75) is 43.6 Å². The quantitative estimate of drug-likeness (QED) is 0.900. The second-order valence-corrected chi connectivity index (χ2v) is 6.20. The van der Waals surface area contributed by atoms with Gasteiger partial charge < -0.3 is 15.2 Å². The van der Waals surface area contributed by atoms with Gasteiger partial charge in [-0.25, -0.2) is 0 Å². The summed E-state index contributed by atoms with van der Waals surface area (Å²) in [5.41, 5.74) is 0.393. The Bertz CT molecular complexity index is 517. The van der Waals surface area contributed by atoms with E-state index in [1.54, 1.807) is 6.07 Å². The zero-order valence-corrected chi connectivity index (χ0v) is 12.2. The van der Waals surface area contributed by atoms with Gasteiger partial charge in [-0.2, -0.15) is 0 Å². The predicted octanol–water partition coefficient (Wildman–Crippen LogP) is 2.46. The van der Waals surface area contributed by atoms with Crippen LogP contribution in [0.25, 0.3) is 0 Å². The minimum Gasteiger partial charge on any atom is -0.378 e. The number of carbonyl (C=O) groups is 1. The van der Waals surface area contributed by atoms with Crippen LogP contribution in [0.2, 0.25) is 10.0 Å². The fourth-order valence-corrected chi connectivity index (χ4v) is 3.48. The number of hydrogen-bond acceptors (Lipinski definition) is 3. The molecule has 0 spiro atoms. The van der Waals surface area contributed by atoms with Crippen LogP contribution in [-0.4, -0.2) is 29.3 Å². The highest BCUT2D eigenvalue weighted by atomic mass is 35.5. The molecule has 4 atom stereocenters. The summed E-state index contributed by atoms with van der Waals surface area (Å²) in [6.45, 7) is 0. The molecule has 1 aromatic rings. The molecule has 3 rings (SSSR count). The van der Waals surface area contributed by atoms with Crippen LogP contribution < -0.4 is 5.32 Å². The van der Waals surface area contributed by atoms with E-state index in [1.807, 2.05) is 0 Å². The van der Waals surface area contributed by atoms with E-state index in [0.29, 0.717) is 15.6 Å². The molecule has 2 aliphatic heterocycles. The van der Waals surface area contributed by atoms with Crippen LogP contribution in [0.1, 0.15) is 30.9 Å². The number of nitrogens with one attached hydrogen (secondary N) is 1. The summed E-state index contributed by atoms with van der Waals surface area (Å²) in [6.07, 6.45) is 1.91. The lowest BCUT2D eigenvalue weighted by Gasteiger charge is -2.22. The lowest BCUT2D eigenvalue weighted by molar-refractivity contribution is -0.130. The van der Waals surface area contributed by atoms with E-state index >= 15 is 0 Å². The maximum absolute atomic E-state index is 12.1. The van der Waals surface area contributed by atoms with Crippen molar-refractivity contribution in [1.82, 2.24) is 5.32 Å². The van der Waals surface area contributed by atoms with Crippen molar-refractivity contribution in [2.75, 3.05) is 0 Å². The molecule has 1 amide bonds. The number of ether oxygens (including phenoxy) is 1. The van der Waals surface area contributed by atoms with Crippen molar-refractivity contribution in [1.29, 1.82) is 0 Å². The molecule has 20 heavy (non-hydrogen) atoms. The molecule has 0 unspecified atom stereocenters. The van der Waals surface area contributed by atoms with Crippen LogP contribution in [0.5, 0.6) is 0 Å². The van der Waals surface area contributed by atoms with Crippen LogP contribution >= 0.6 is 23.2 Å². The lowest BCUT2D eigenvalue weighted by atomic mass is 9.95. The third kappa shape index (κ3) is 2.79. The number of aliphatic hydroxyl groups is 1. The summed E-state index contributed by atoms with van der Waals surface area (Å²) in [6, 6.07) is 4.62. The largest absolute Gasteiger partial charge is 0.378 e. The Labute approximate surface area is 127 Å².